The van der Waals surface area contributed by atoms with E-state index in [1.54, 1.807) is 12.3 Å². The lowest BCUT2D eigenvalue weighted by Crippen LogP contribution is -2.40. The number of ether oxygens (including phenoxy) is 1. The second-order valence-electron chi connectivity index (χ2n) is 8.70. The minimum absolute atomic E-state index is 0.179. The molecule has 0 aliphatic carbocycles. The van der Waals surface area contributed by atoms with Crippen LogP contribution in [-0.2, 0) is 6.54 Å². The molecule has 3 aliphatic heterocycles. The fourth-order valence-electron chi connectivity index (χ4n) is 5.54. The van der Waals surface area contributed by atoms with Crippen LogP contribution in [0.25, 0.3) is 5.57 Å². The summed E-state index contributed by atoms with van der Waals surface area (Å²) in [4.78, 5) is 6.56. The number of aromatic nitrogens is 1. The maximum absolute atomic E-state index is 10.5. The normalized spacial score (nSPS) is 22.1. The predicted octanol–water partition coefficient (Wildman–Crippen LogP) is 5.23. The van der Waals surface area contributed by atoms with Crippen molar-refractivity contribution in [1.29, 1.82) is 0 Å². The molecule has 0 spiro atoms. The number of phenols is 1. The van der Waals surface area contributed by atoms with E-state index in [-0.39, 0.29) is 11.5 Å². The summed E-state index contributed by atoms with van der Waals surface area (Å²) in [5.74, 6) is 1.81. The third kappa shape index (κ3) is 3.00. The number of benzene rings is 2. The van der Waals surface area contributed by atoms with Gasteiger partial charge in [0, 0.05) is 41.5 Å². The molecule has 2 N–H and O–H groups in total. The lowest BCUT2D eigenvalue weighted by atomic mass is 9.83. The SMILES string of the molecule is Oc1cnccc1CN1C2CCC1CC(=C1c3ccccc3Oc3c(O)cccc31)C2. The number of nitrogens with zero attached hydrogens (tertiary/aromatic N) is 2. The third-order valence-corrected chi connectivity index (χ3v) is 6.96. The molecule has 0 radical (unpaired) electrons. The molecule has 31 heavy (non-hydrogen) atoms. The molecule has 2 atom stereocenters. The molecule has 0 saturated carbocycles. The quantitative estimate of drug-likeness (QED) is 0.472. The number of hydrogen-bond acceptors (Lipinski definition) is 5. The van der Waals surface area contributed by atoms with E-state index < -0.39 is 0 Å². The zero-order valence-electron chi connectivity index (χ0n) is 17.2. The predicted molar refractivity (Wildman–Crippen MR) is 118 cm³/mol. The Morgan fingerprint density at radius 1 is 0.903 bits per heavy atom. The van der Waals surface area contributed by atoms with Crippen molar-refractivity contribution in [3.8, 4) is 23.0 Å². The van der Waals surface area contributed by atoms with Gasteiger partial charge in [0.05, 0.1) is 6.20 Å². The zero-order chi connectivity index (χ0) is 20.9. The molecule has 0 amide bonds. The van der Waals surface area contributed by atoms with Gasteiger partial charge < -0.3 is 14.9 Å². The molecule has 2 aromatic carbocycles. The summed E-state index contributed by atoms with van der Waals surface area (Å²) in [6.45, 7) is 0.753. The average molecular weight is 412 g/mol. The second kappa shape index (κ2) is 7.13. The summed E-state index contributed by atoms with van der Waals surface area (Å²) >= 11 is 0. The number of piperidine rings is 1. The molecule has 2 bridgehead atoms. The van der Waals surface area contributed by atoms with Gasteiger partial charge in [-0.1, -0.05) is 35.9 Å². The Balaban J connectivity index is 1.41. The highest BCUT2D eigenvalue weighted by molar-refractivity contribution is 5.91. The molecule has 156 valence electrons. The van der Waals surface area contributed by atoms with E-state index in [0.717, 1.165) is 41.8 Å². The van der Waals surface area contributed by atoms with Gasteiger partial charge in [0.2, 0.25) is 0 Å². The summed E-state index contributed by atoms with van der Waals surface area (Å²) in [7, 11) is 0. The van der Waals surface area contributed by atoms with Crippen molar-refractivity contribution in [2.45, 2.75) is 44.3 Å². The van der Waals surface area contributed by atoms with Crippen molar-refractivity contribution in [1.82, 2.24) is 9.88 Å². The highest BCUT2D eigenvalue weighted by Gasteiger charge is 2.40. The van der Waals surface area contributed by atoms with Gasteiger partial charge in [-0.15, -0.1) is 0 Å². The first-order valence-electron chi connectivity index (χ1n) is 10.9. The Kier molecular flexibility index (Phi) is 4.25. The number of aromatic hydroxyl groups is 2. The lowest BCUT2D eigenvalue weighted by Gasteiger charge is -2.38. The first-order chi connectivity index (χ1) is 15.2. The Labute approximate surface area is 181 Å². The van der Waals surface area contributed by atoms with Gasteiger partial charge in [-0.2, -0.15) is 0 Å². The lowest BCUT2D eigenvalue weighted by molar-refractivity contribution is 0.156. The molecule has 3 aliphatic rings. The topological polar surface area (TPSA) is 65.8 Å². The minimum atomic E-state index is 0.179. The van der Waals surface area contributed by atoms with Gasteiger partial charge in [0.1, 0.15) is 11.5 Å². The van der Waals surface area contributed by atoms with Crippen LogP contribution in [0, 0.1) is 0 Å². The van der Waals surface area contributed by atoms with Crippen LogP contribution in [-0.4, -0.2) is 32.2 Å². The van der Waals surface area contributed by atoms with Gasteiger partial charge >= 0.3 is 0 Å². The Bertz CT molecular complexity index is 1190. The smallest absolute Gasteiger partial charge is 0.176 e. The van der Waals surface area contributed by atoms with Crippen LogP contribution >= 0.6 is 0 Å². The van der Waals surface area contributed by atoms with Crippen LogP contribution in [0.3, 0.4) is 0 Å². The van der Waals surface area contributed by atoms with E-state index in [4.69, 9.17) is 4.74 Å². The van der Waals surface area contributed by atoms with Crippen LogP contribution in [0.4, 0.5) is 0 Å². The summed E-state index contributed by atoms with van der Waals surface area (Å²) < 4.78 is 6.08. The van der Waals surface area contributed by atoms with Crippen molar-refractivity contribution < 1.29 is 14.9 Å². The van der Waals surface area contributed by atoms with Crippen molar-refractivity contribution in [2.75, 3.05) is 0 Å². The number of para-hydroxylation sites is 2. The Morgan fingerprint density at radius 2 is 1.68 bits per heavy atom. The van der Waals surface area contributed by atoms with Crippen molar-refractivity contribution in [3.05, 3.63) is 83.2 Å². The molecular formula is C26H24N2O3. The molecule has 5 nitrogen and oxygen atoms in total. The summed E-state index contributed by atoms with van der Waals surface area (Å²) in [6.07, 6.45) is 7.58. The summed E-state index contributed by atoms with van der Waals surface area (Å²) in [5, 5.41) is 20.7. The molecule has 4 heterocycles. The molecule has 2 unspecified atom stereocenters. The van der Waals surface area contributed by atoms with Crippen LogP contribution in [0.15, 0.2) is 66.5 Å². The fourth-order valence-corrected chi connectivity index (χ4v) is 5.54. The first kappa shape index (κ1) is 18.5. The molecule has 1 aromatic heterocycles. The van der Waals surface area contributed by atoms with Gasteiger partial charge in [0.15, 0.2) is 11.5 Å². The number of pyridine rings is 1. The maximum atomic E-state index is 10.5. The Hall–Kier alpha value is -3.31. The molecular weight excluding hydrogens is 388 g/mol. The standard InChI is InChI=1S/C26H24N2O3/c29-22-6-3-5-21-25(20-4-1-2-7-24(20)31-26(21)22)17-12-18-8-9-19(13-17)28(18)15-16-10-11-27-14-23(16)30/h1-7,10-11,14,18-19,29-30H,8-9,12-13,15H2. The van der Waals surface area contributed by atoms with E-state index in [9.17, 15) is 10.2 Å². The van der Waals surface area contributed by atoms with Crippen LogP contribution < -0.4 is 4.74 Å². The first-order valence-corrected chi connectivity index (χ1v) is 10.9. The monoisotopic (exact) mass is 412 g/mol. The zero-order valence-corrected chi connectivity index (χ0v) is 17.2. The van der Waals surface area contributed by atoms with E-state index in [2.05, 4.69) is 22.0 Å². The number of phenolic OH excluding ortho intramolecular Hbond substituents is 1. The molecule has 6 rings (SSSR count). The largest absolute Gasteiger partial charge is 0.506 e. The molecule has 2 saturated heterocycles. The van der Waals surface area contributed by atoms with E-state index in [1.807, 2.05) is 30.3 Å². The Morgan fingerprint density at radius 3 is 2.48 bits per heavy atom. The van der Waals surface area contributed by atoms with Crippen LogP contribution in [0.1, 0.15) is 42.4 Å². The van der Waals surface area contributed by atoms with Crippen molar-refractivity contribution >= 4 is 5.57 Å². The number of rotatable bonds is 2. The van der Waals surface area contributed by atoms with Crippen LogP contribution in [0.2, 0.25) is 0 Å². The van der Waals surface area contributed by atoms with E-state index in [1.165, 1.54) is 30.2 Å². The third-order valence-electron chi connectivity index (χ3n) is 6.96. The fraction of sp³-hybridized carbons (Fsp3) is 0.269. The van der Waals surface area contributed by atoms with E-state index >= 15 is 0 Å². The van der Waals surface area contributed by atoms with Crippen molar-refractivity contribution in [3.63, 3.8) is 0 Å². The van der Waals surface area contributed by atoms with Gasteiger partial charge in [-0.3, -0.25) is 9.88 Å². The average Bonchev–Trinajstić information content (AvgIpc) is 3.01. The van der Waals surface area contributed by atoms with E-state index in [0.29, 0.717) is 17.8 Å². The molecule has 3 aromatic rings. The van der Waals surface area contributed by atoms with Gasteiger partial charge in [0.25, 0.3) is 0 Å². The highest BCUT2D eigenvalue weighted by Crippen LogP contribution is 2.51. The minimum Gasteiger partial charge on any atom is -0.506 e. The second-order valence-corrected chi connectivity index (χ2v) is 8.70. The van der Waals surface area contributed by atoms with Crippen molar-refractivity contribution in [2.24, 2.45) is 0 Å². The highest BCUT2D eigenvalue weighted by atomic mass is 16.5. The van der Waals surface area contributed by atoms with Crippen LogP contribution in [0.5, 0.6) is 23.0 Å². The molecule has 2 fully saturated rings. The summed E-state index contributed by atoms with van der Waals surface area (Å²) in [5.41, 5.74) is 5.68. The summed E-state index contributed by atoms with van der Waals surface area (Å²) in [6, 6.07) is 16.5. The van der Waals surface area contributed by atoms with Gasteiger partial charge in [-0.25, -0.2) is 0 Å². The number of fused-ring (bicyclic) bond motifs is 4. The molecule has 5 heteroatoms. The number of hydrogen-bond donors (Lipinski definition) is 2. The maximum Gasteiger partial charge on any atom is 0.176 e. The van der Waals surface area contributed by atoms with Gasteiger partial charge in [-0.05, 0) is 49.5 Å².